The first-order valence-corrected chi connectivity index (χ1v) is 10.9. The molecule has 0 aliphatic carbocycles. The van der Waals surface area contributed by atoms with Crippen LogP contribution in [0.4, 0.5) is 5.69 Å². The summed E-state index contributed by atoms with van der Waals surface area (Å²) in [6, 6.07) is 14.5. The number of sulfonamides is 1. The molecule has 2 aromatic rings. The molecule has 4 rings (SSSR count). The molecule has 1 fully saturated rings. The van der Waals surface area contributed by atoms with Gasteiger partial charge in [-0.25, -0.2) is 12.7 Å². The number of nitrogens with zero attached hydrogens (tertiary/aromatic N) is 3. The Balaban J connectivity index is 1.63. The Morgan fingerprint density at radius 1 is 1.12 bits per heavy atom. The van der Waals surface area contributed by atoms with Crippen LogP contribution in [0.25, 0.3) is 0 Å². The van der Waals surface area contributed by atoms with Crippen molar-refractivity contribution in [3.05, 3.63) is 59.9 Å². The Labute approximate surface area is 155 Å². The van der Waals surface area contributed by atoms with Crippen LogP contribution in [0.2, 0.25) is 0 Å². The summed E-state index contributed by atoms with van der Waals surface area (Å²) >= 11 is 0. The number of anilines is 1. The van der Waals surface area contributed by atoms with Crippen molar-refractivity contribution >= 4 is 15.7 Å². The zero-order valence-electron chi connectivity index (χ0n) is 15.1. The molecule has 0 unspecified atom stereocenters. The van der Waals surface area contributed by atoms with Gasteiger partial charge < -0.3 is 4.90 Å². The van der Waals surface area contributed by atoms with Crippen LogP contribution in [0.5, 0.6) is 0 Å². The van der Waals surface area contributed by atoms with Crippen LogP contribution in [0.1, 0.15) is 31.0 Å². The van der Waals surface area contributed by atoms with E-state index in [1.807, 2.05) is 25.3 Å². The van der Waals surface area contributed by atoms with E-state index in [9.17, 15) is 8.42 Å². The fourth-order valence-electron chi connectivity index (χ4n) is 4.31. The predicted molar refractivity (Wildman–Crippen MR) is 104 cm³/mol. The lowest BCUT2D eigenvalue weighted by molar-refractivity contribution is 0.424. The molecule has 1 aromatic heterocycles. The molecule has 5 nitrogen and oxygen atoms in total. The van der Waals surface area contributed by atoms with Gasteiger partial charge in [-0.05, 0) is 30.5 Å². The summed E-state index contributed by atoms with van der Waals surface area (Å²) in [4.78, 5) is 7.04. The molecule has 1 aromatic carbocycles. The normalized spacial score (nSPS) is 22.9. The fourth-order valence-corrected chi connectivity index (χ4v) is 5.90. The predicted octanol–water partition coefficient (Wildman–Crippen LogP) is 2.79. The first-order chi connectivity index (χ1) is 12.5. The van der Waals surface area contributed by atoms with Gasteiger partial charge in [-0.1, -0.05) is 37.3 Å². The van der Waals surface area contributed by atoms with E-state index in [-0.39, 0.29) is 11.2 Å². The summed E-state index contributed by atoms with van der Waals surface area (Å²) < 4.78 is 26.8. The van der Waals surface area contributed by atoms with Gasteiger partial charge in [0.25, 0.3) is 0 Å². The Kier molecular flexibility index (Phi) is 4.49. The Morgan fingerprint density at radius 3 is 2.69 bits per heavy atom. The lowest BCUT2D eigenvalue weighted by Crippen LogP contribution is -2.39. The molecule has 2 aliphatic rings. The molecule has 2 aliphatic heterocycles. The van der Waals surface area contributed by atoms with Gasteiger partial charge in [-0.3, -0.25) is 4.98 Å². The Morgan fingerprint density at radius 2 is 1.92 bits per heavy atom. The van der Waals surface area contributed by atoms with Crippen molar-refractivity contribution in [3.63, 3.8) is 0 Å². The van der Waals surface area contributed by atoms with Gasteiger partial charge in [0, 0.05) is 37.8 Å². The molecule has 0 bridgehead atoms. The largest absolute Gasteiger partial charge is 0.365 e. The molecular weight excluding hydrogens is 346 g/mol. The van der Waals surface area contributed by atoms with Crippen LogP contribution in [-0.4, -0.2) is 43.1 Å². The third kappa shape index (κ3) is 3.01. The van der Waals surface area contributed by atoms with E-state index in [0.29, 0.717) is 19.5 Å². The molecule has 3 heterocycles. The summed E-state index contributed by atoms with van der Waals surface area (Å²) in [7, 11) is -3.17. The summed E-state index contributed by atoms with van der Waals surface area (Å²) in [6.45, 7) is 4.70. The number of fused-ring (bicyclic) bond motifs is 2. The second-order valence-electron chi connectivity index (χ2n) is 7.39. The summed E-state index contributed by atoms with van der Waals surface area (Å²) in [6.07, 6.45) is 3.32. The monoisotopic (exact) mass is 371 g/mol. The topological polar surface area (TPSA) is 53.5 Å². The van der Waals surface area contributed by atoms with Crippen LogP contribution >= 0.6 is 0 Å². The van der Waals surface area contributed by atoms with E-state index in [1.54, 1.807) is 4.31 Å². The third-order valence-electron chi connectivity index (χ3n) is 5.51. The molecule has 6 heteroatoms. The van der Waals surface area contributed by atoms with E-state index >= 15 is 0 Å². The smallest absolute Gasteiger partial charge is 0.214 e. The highest BCUT2D eigenvalue weighted by Crippen LogP contribution is 2.46. The van der Waals surface area contributed by atoms with Crippen LogP contribution in [0.3, 0.4) is 0 Å². The average Bonchev–Trinajstić information content (AvgIpc) is 3.20. The van der Waals surface area contributed by atoms with Crippen molar-refractivity contribution in [2.24, 2.45) is 0 Å². The number of hydrogen-bond donors (Lipinski definition) is 0. The van der Waals surface area contributed by atoms with E-state index < -0.39 is 10.0 Å². The zero-order chi connectivity index (χ0) is 18.2. The molecule has 0 saturated carbocycles. The van der Waals surface area contributed by atoms with Gasteiger partial charge in [0.1, 0.15) is 0 Å². The highest BCUT2D eigenvalue weighted by molar-refractivity contribution is 7.89. The molecule has 0 N–H and O–H groups in total. The first-order valence-electron chi connectivity index (χ1n) is 9.26. The SMILES string of the molecule is CCCS(=O)(=O)N1CC[C@]2(CN(Cc3ccccc3)c3cccnc32)C1. The lowest BCUT2D eigenvalue weighted by atomic mass is 9.85. The van der Waals surface area contributed by atoms with Gasteiger partial charge in [0.15, 0.2) is 0 Å². The number of benzene rings is 1. The molecule has 26 heavy (non-hydrogen) atoms. The van der Waals surface area contributed by atoms with Crippen LogP contribution < -0.4 is 4.90 Å². The molecule has 1 atom stereocenters. The standard InChI is InChI=1S/C20H25N3O2S/c1-2-13-26(24,25)23-12-10-20(16-23)15-22(14-17-7-4-3-5-8-17)18-9-6-11-21-19(18)20/h3-9,11H,2,10,12-16H2,1H3/t20-/m0/s1. The number of aromatic nitrogens is 1. The van der Waals surface area contributed by atoms with Crippen molar-refractivity contribution in [2.45, 2.75) is 31.7 Å². The van der Waals surface area contributed by atoms with E-state index in [2.05, 4.69) is 40.2 Å². The summed E-state index contributed by atoms with van der Waals surface area (Å²) in [5.41, 5.74) is 3.27. The minimum Gasteiger partial charge on any atom is -0.365 e. The average molecular weight is 372 g/mol. The van der Waals surface area contributed by atoms with E-state index in [4.69, 9.17) is 0 Å². The molecule has 1 spiro atoms. The highest BCUT2D eigenvalue weighted by atomic mass is 32.2. The lowest BCUT2D eigenvalue weighted by Gasteiger charge is -2.25. The van der Waals surface area contributed by atoms with Crippen molar-refractivity contribution in [1.82, 2.24) is 9.29 Å². The van der Waals surface area contributed by atoms with Crippen molar-refractivity contribution < 1.29 is 8.42 Å². The number of hydrogen-bond acceptors (Lipinski definition) is 4. The zero-order valence-corrected chi connectivity index (χ0v) is 16.0. The maximum Gasteiger partial charge on any atom is 0.214 e. The van der Waals surface area contributed by atoms with E-state index in [1.165, 1.54) is 5.56 Å². The van der Waals surface area contributed by atoms with Crippen LogP contribution in [0.15, 0.2) is 48.7 Å². The quantitative estimate of drug-likeness (QED) is 0.811. The maximum absolute atomic E-state index is 12.5. The highest BCUT2D eigenvalue weighted by Gasteiger charge is 2.50. The van der Waals surface area contributed by atoms with Crippen LogP contribution in [-0.2, 0) is 22.0 Å². The molecule has 1 saturated heterocycles. The van der Waals surface area contributed by atoms with Gasteiger partial charge >= 0.3 is 0 Å². The Hall–Kier alpha value is -1.92. The summed E-state index contributed by atoms with van der Waals surface area (Å²) in [5, 5.41) is 0. The second kappa shape index (κ2) is 6.67. The maximum atomic E-state index is 12.5. The van der Waals surface area contributed by atoms with Crippen molar-refractivity contribution in [2.75, 3.05) is 30.3 Å². The third-order valence-corrected chi connectivity index (χ3v) is 7.54. The number of pyridine rings is 1. The van der Waals surface area contributed by atoms with E-state index in [0.717, 1.165) is 30.9 Å². The first kappa shape index (κ1) is 17.5. The van der Waals surface area contributed by atoms with Gasteiger partial charge in [-0.15, -0.1) is 0 Å². The minimum absolute atomic E-state index is 0.188. The van der Waals surface area contributed by atoms with Crippen molar-refractivity contribution in [1.29, 1.82) is 0 Å². The fraction of sp³-hybridized carbons (Fsp3) is 0.450. The Bertz CT molecular complexity index is 885. The summed E-state index contributed by atoms with van der Waals surface area (Å²) in [5.74, 6) is 0.228. The van der Waals surface area contributed by atoms with Gasteiger partial charge in [0.05, 0.1) is 17.1 Å². The molecule has 138 valence electrons. The van der Waals surface area contributed by atoms with Gasteiger partial charge in [0.2, 0.25) is 10.0 Å². The minimum atomic E-state index is -3.17. The molecular formula is C20H25N3O2S. The molecule has 0 radical (unpaired) electrons. The second-order valence-corrected chi connectivity index (χ2v) is 9.48. The molecule has 0 amide bonds. The van der Waals surface area contributed by atoms with Gasteiger partial charge in [-0.2, -0.15) is 0 Å². The van der Waals surface area contributed by atoms with Crippen molar-refractivity contribution in [3.8, 4) is 0 Å². The van der Waals surface area contributed by atoms with Crippen LogP contribution in [0, 0.1) is 0 Å². The number of rotatable bonds is 5.